The van der Waals surface area contributed by atoms with E-state index in [0.717, 1.165) is 5.75 Å². The second-order valence-electron chi connectivity index (χ2n) is 4.77. The Balaban J connectivity index is 1.76. The van der Waals surface area contributed by atoms with E-state index in [4.69, 9.17) is 9.47 Å². The summed E-state index contributed by atoms with van der Waals surface area (Å²) >= 11 is 0. The van der Waals surface area contributed by atoms with Gasteiger partial charge < -0.3 is 14.8 Å². The van der Waals surface area contributed by atoms with E-state index in [1.807, 2.05) is 30.3 Å². The summed E-state index contributed by atoms with van der Waals surface area (Å²) in [5.41, 5.74) is -0.776. The SMILES string of the molecule is N#CC1(NC(=O)CCOc2ccccc2)CCOCC1. The van der Waals surface area contributed by atoms with Crippen molar-refractivity contribution in [3.05, 3.63) is 30.3 Å². The van der Waals surface area contributed by atoms with Crippen LogP contribution in [0.1, 0.15) is 19.3 Å². The van der Waals surface area contributed by atoms with E-state index in [-0.39, 0.29) is 12.3 Å². The highest BCUT2D eigenvalue weighted by Crippen LogP contribution is 2.19. The quantitative estimate of drug-likeness (QED) is 0.886. The maximum atomic E-state index is 11.9. The predicted octanol–water partition coefficient (Wildman–Crippen LogP) is 1.64. The van der Waals surface area contributed by atoms with Gasteiger partial charge in [0.1, 0.15) is 11.3 Å². The van der Waals surface area contributed by atoms with Crippen LogP contribution in [0.4, 0.5) is 0 Å². The summed E-state index contributed by atoms with van der Waals surface area (Å²) in [7, 11) is 0. The normalized spacial score (nSPS) is 16.9. The molecule has 0 radical (unpaired) electrons. The van der Waals surface area contributed by atoms with E-state index in [2.05, 4.69) is 11.4 Å². The first kappa shape index (κ1) is 14.4. The minimum Gasteiger partial charge on any atom is -0.493 e. The zero-order chi connectivity index (χ0) is 14.3. The Morgan fingerprint density at radius 1 is 1.35 bits per heavy atom. The van der Waals surface area contributed by atoms with Gasteiger partial charge >= 0.3 is 0 Å². The molecule has 2 rings (SSSR count). The first-order valence-corrected chi connectivity index (χ1v) is 6.72. The van der Waals surface area contributed by atoms with Crippen molar-refractivity contribution in [2.24, 2.45) is 0 Å². The first-order chi connectivity index (χ1) is 9.74. The van der Waals surface area contributed by atoms with Crippen LogP contribution in [0.15, 0.2) is 30.3 Å². The number of nitrogens with zero attached hydrogens (tertiary/aromatic N) is 1. The van der Waals surface area contributed by atoms with Crippen LogP contribution < -0.4 is 10.1 Å². The monoisotopic (exact) mass is 274 g/mol. The van der Waals surface area contributed by atoms with Crippen molar-refractivity contribution in [2.75, 3.05) is 19.8 Å². The van der Waals surface area contributed by atoms with Gasteiger partial charge in [0.2, 0.25) is 5.91 Å². The van der Waals surface area contributed by atoms with Gasteiger partial charge in [0.15, 0.2) is 0 Å². The van der Waals surface area contributed by atoms with Crippen molar-refractivity contribution in [3.8, 4) is 11.8 Å². The van der Waals surface area contributed by atoms with Crippen LogP contribution in [0, 0.1) is 11.3 Å². The fourth-order valence-electron chi connectivity index (χ4n) is 2.09. The molecular formula is C15H18N2O3. The lowest BCUT2D eigenvalue weighted by molar-refractivity contribution is -0.123. The van der Waals surface area contributed by atoms with Gasteiger partial charge in [-0.3, -0.25) is 4.79 Å². The summed E-state index contributed by atoms with van der Waals surface area (Å²) in [6.07, 6.45) is 1.31. The molecule has 1 amide bonds. The highest BCUT2D eigenvalue weighted by atomic mass is 16.5. The Kier molecular flexibility index (Phi) is 4.97. The van der Waals surface area contributed by atoms with E-state index < -0.39 is 5.54 Å². The van der Waals surface area contributed by atoms with Crippen molar-refractivity contribution in [3.63, 3.8) is 0 Å². The average Bonchev–Trinajstić information content (AvgIpc) is 2.49. The first-order valence-electron chi connectivity index (χ1n) is 6.72. The van der Waals surface area contributed by atoms with Crippen molar-refractivity contribution >= 4 is 5.91 Å². The minimum atomic E-state index is -0.776. The van der Waals surface area contributed by atoms with Gasteiger partial charge in [-0.1, -0.05) is 18.2 Å². The highest BCUT2D eigenvalue weighted by Gasteiger charge is 2.33. The summed E-state index contributed by atoms with van der Waals surface area (Å²) in [6.45, 7) is 1.32. The minimum absolute atomic E-state index is 0.163. The number of amides is 1. The van der Waals surface area contributed by atoms with Crippen LogP contribution in [0.3, 0.4) is 0 Å². The highest BCUT2D eigenvalue weighted by molar-refractivity contribution is 5.77. The molecule has 0 aliphatic carbocycles. The maximum Gasteiger partial charge on any atom is 0.224 e. The molecule has 0 atom stereocenters. The Morgan fingerprint density at radius 2 is 2.05 bits per heavy atom. The van der Waals surface area contributed by atoms with Gasteiger partial charge in [0.25, 0.3) is 0 Å². The van der Waals surface area contributed by atoms with Crippen LogP contribution in [-0.4, -0.2) is 31.3 Å². The molecule has 1 aliphatic heterocycles. The number of nitrogens with one attached hydrogen (secondary N) is 1. The van der Waals surface area contributed by atoms with E-state index in [1.165, 1.54) is 0 Å². The molecule has 106 valence electrons. The molecule has 5 nitrogen and oxygen atoms in total. The number of carbonyl (C=O) groups excluding carboxylic acids is 1. The third kappa shape index (κ3) is 3.97. The average molecular weight is 274 g/mol. The third-order valence-electron chi connectivity index (χ3n) is 3.28. The standard InChI is InChI=1S/C15H18N2O3/c16-12-15(7-10-19-11-8-15)17-14(18)6-9-20-13-4-2-1-3-5-13/h1-5H,6-11H2,(H,17,18). The molecule has 0 spiro atoms. The predicted molar refractivity (Wildman–Crippen MR) is 73.1 cm³/mol. The molecule has 0 aromatic heterocycles. The maximum absolute atomic E-state index is 11.9. The van der Waals surface area contributed by atoms with Crippen LogP contribution >= 0.6 is 0 Å². The van der Waals surface area contributed by atoms with Crippen molar-refractivity contribution in [1.29, 1.82) is 5.26 Å². The number of rotatable bonds is 5. The van der Waals surface area contributed by atoms with Crippen LogP contribution in [0.2, 0.25) is 0 Å². The van der Waals surface area contributed by atoms with Gasteiger partial charge in [0.05, 0.1) is 19.1 Å². The molecule has 0 bridgehead atoms. The van der Waals surface area contributed by atoms with Gasteiger partial charge in [0, 0.05) is 26.1 Å². The summed E-state index contributed by atoms with van der Waals surface area (Å²) in [4.78, 5) is 11.9. The fourth-order valence-corrected chi connectivity index (χ4v) is 2.09. The van der Waals surface area contributed by atoms with Crippen molar-refractivity contribution < 1.29 is 14.3 Å². The number of hydrogen-bond donors (Lipinski definition) is 1. The zero-order valence-electron chi connectivity index (χ0n) is 11.3. The molecule has 0 unspecified atom stereocenters. The van der Waals surface area contributed by atoms with Gasteiger partial charge in [-0.2, -0.15) is 5.26 Å². The van der Waals surface area contributed by atoms with Crippen molar-refractivity contribution in [2.45, 2.75) is 24.8 Å². The van der Waals surface area contributed by atoms with E-state index in [9.17, 15) is 10.1 Å². The van der Waals surface area contributed by atoms with Crippen LogP contribution in [0.5, 0.6) is 5.75 Å². The van der Waals surface area contributed by atoms with Crippen molar-refractivity contribution in [1.82, 2.24) is 5.32 Å². The number of hydrogen-bond acceptors (Lipinski definition) is 4. The van der Waals surface area contributed by atoms with Gasteiger partial charge in [-0.25, -0.2) is 0 Å². The van der Waals surface area contributed by atoms with Crippen LogP contribution in [0.25, 0.3) is 0 Å². The molecule has 20 heavy (non-hydrogen) atoms. The molecule has 1 aliphatic rings. The Hall–Kier alpha value is -2.06. The second-order valence-corrected chi connectivity index (χ2v) is 4.77. The molecule has 1 fully saturated rings. The Bertz CT molecular complexity index is 476. The number of carbonyl (C=O) groups is 1. The molecule has 1 N–H and O–H groups in total. The molecule has 1 heterocycles. The summed E-state index contributed by atoms with van der Waals surface area (Å²) in [5.74, 6) is 0.575. The number of para-hydroxylation sites is 1. The Labute approximate surface area is 118 Å². The summed E-state index contributed by atoms with van der Waals surface area (Å²) < 4.78 is 10.7. The molecular weight excluding hydrogens is 256 g/mol. The molecule has 5 heteroatoms. The van der Waals surface area contributed by atoms with E-state index in [0.29, 0.717) is 32.7 Å². The lowest BCUT2D eigenvalue weighted by Gasteiger charge is -2.31. The fraction of sp³-hybridized carbons (Fsp3) is 0.467. The second kappa shape index (κ2) is 6.92. The largest absolute Gasteiger partial charge is 0.493 e. The lowest BCUT2D eigenvalue weighted by Crippen LogP contribution is -2.51. The molecule has 1 saturated heterocycles. The van der Waals surface area contributed by atoms with Gasteiger partial charge in [-0.15, -0.1) is 0 Å². The number of nitriles is 1. The molecule has 0 saturated carbocycles. The third-order valence-corrected chi connectivity index (χ3v) is 3.28. The van der Waals surface area contributed by atoms with E-state index in [1.54, 1.807) is 0 Å². The lowest BCUT2D eigenvalue weighted by atomic mass is 9.91. The zero-order valence-corrected chi connectivity index (χ0v) is 11.3. The Morgan fingerprint density at radius 3 is 2.70 bits per heavy atom. The number of benzene rings is 1. The van der Waals surface area contributed by atoms with E-state index >= 15 is 0 Å². The number of ether oxygens (including phenoxy) is 2. The molecule has 1 aromatic carbocycles. The summed E-state index contributed by atoms with van der Waals surface area (Å²) in [5, 5.41) is 12.1. The molecule has 1 aromatic rings. The van der Waals surface area contributed by atoms with Gasteiger partial charge in [-0.05, 0) is 12.1 Å². The van der Waals surface area contributed by atoms with Crippen LogP contribution in [-0.2, 0) is 9.53 Å². The summed E-state index contributed by atoms with van der Waals surface area (Å²) in [6, 6.07) is 11.5. The topological polar surface area (TPSA) is 71.4 Å². The smallest absolute Gasteiger partial charge is 0.224 e.